The summed E-state index contributed by atoms with van der Waals surface area (Å²) >= 11 is 0. The first-order valence-corrected chi connectivity index (χ1v) is 6.66. The Balaban J connectivity index is 2.28. The summed E-state index contributed by atoms with van der Waals surface area (Å²) in [5.41, 5.74) is 5.00. The van der Waals surface area contributed by atoms with E-state index in [9.17, 15) is 0 Å². The molecule has 2 rings (SSSR count). The Labute approximate surface area is 113 Å². The highest BCUT2D eigenvalue weighted by Crippen LogP contribution is 2.45. The van der Waals surface area contributed by atoms with Gasteiger partial charge in [-0.05, 0) is 26.9 Å². The molecule has 1 aliphatic rings. The fraction of sp³-hybridized carbons (Fsp3) is 0.769. The number of hydrogen-bond acceptors (Lipinski definition) is 4. The van der Waals surface area contributed by atoms with Crippen molar-refractivity contribution in [2.75, 3.05) is 27.7 Å². The lowest BCUT2D eigenvalue weighted by molar-refractivity contribution is 0.150. The molecule has 1 aromatic rings. The van der Waals surface area contributed by atoms with Gasteiger partial charge in [0.05, 0.1) is 19.9 Å². The van der Waals surface area contributed by atoms with Gasteiger partial charge in [0.25, 0.3) is 0 Å². The number of methoxy groups -OCH3 is 1. The molecule has 0 spiro atoms. The molecule has 0 bridgehead atoms. The highest BCUT2D eigenvalue weighted by atomic mass is 19.1. The minimum Gasteiger partial charge on any atom is -0.493 e. The molecule has 6 heteroatoms. The maximum atomic E-state index is 15.1. The topological polar surface area (TPSA) is 56.3 Å². The van der Waals surface area contributed by atoms with Gasteiger partial charge >= 0.3 is 0 Å². The van der Waals surface area contributed by atoms with E-state index >= 15 is 4.39 Å². The lowest BCUT2D eigenvalue weighted by Gasteiger charge is -2.23. The third-order valence-electron chi connectivity index (χ3n) is 3.71. The van der Waals surface area contributed by atoms with Crippen LogP contribution in [-0.4, -0.2) is 48.5 Å². The molecule has 0 aromatic carbocycles. The zero-order valence-electron chi connectivity index (χ0n) is 11.9. The Morgan fingerprint density at radius 3 is 2.89 bits per heavy atom. The van der Waals surface area contributed by atoms with Gasteiger partial charge in [-0.15, -0.1) is 0 Å². The second-order valence-corrected chi connectivity index (χ2v) is 5.56. The molecule has 1 saturated carbocycles. The van der Waals surface area contributed by atoms with Crippen molar-refractivity contribution >= 4 is 0 Å². The summed E-state index contributed by atoms with van der Waals surface area (Å²) < 4.78 is 22.1. The fourth-order valence-corrected chi connectivity index (χ4v) is 2.68. The molecule has 0 amide bonds. The molecule has 2 atom stereocenters. The van der Waals surface area contributed by atoms with Crippen LogP contribution in [-0.2, 0) is 12.2 Å². The molecule has 1 aliphatic carbocycles. The summed E-state index contributed by atoms with van der Waals surface area (Å²) in [5.74, 6) is 0.523. The monoisotopic (exact) mass is 270 g/mol. The number of alkyl halides is 1. The summed E-state index contributed by atoms with van der Waals surface area (Å²) in [6.45, 7) is 1.45. The van der Waals surface area contributed by atoms with Gasteiger partial charge in [-0.2, -0.15) is 5.10 Å². The van der Waals surface area contributed by atoms with Crippen LogP contribution in [0, 0.1) is 0 Å². The Morgan fingerprint density at radius 2 is 2.37 bits per heavy atom. The SMILES string of the molecule is COc1cnn(CCN(C)C)c1C1(F)CCC(N)C1. The van der Waals surface area contributed by atoms with Crippen molar-refractivity contribution in [2.24, 2.45) is 5.73 Å². The van der Waals surface area contributed by atoms with Crippen molar-refractivity contribution in [2.45, 2.75) is 37.5 Å². The summed E-state index contributed by atoms with van der Waals surface area (Å²) in [5, 5.41) is 4.26. The molecule has 0 saturated heterocycles. The third kappa shape index (κ3) is 2.90. The van der Waals surface area contributed by atoms with Crippen LogP contribution in [0.1, 0.15) is 25.0 Å². The number of halogens is 1. The Bertz CT molecular complexity index is 434. The first-order chi connectivity index (χ1) is 8.96. The van der Waals surface area contributed by atoms with Gasteiger partial charge in [0.1, 0.15) is 5.69 Å². The Kier molecular flexibility index (Phi) is 4.10. The van der Waals surface area contributed by atoms with Gasteiger partial charge in [-0.1, -0.05) is 0 Å². The van der Waals surface area contributed by atoms with E-state index in [1.54, 1.807) is 18.0 Å². The predicted molar refractivity (Wildman–Crippen MR) is 71.9 cm³/mol. The van der Waals surface area contributed by atoms with E-state index in [2.05, 4.69) is 5.10 Å². The number of aromatic nitrogens is 2. The van der Waals surface area contributed by atoms with Crippen molar-refractivity contribution in [3.63, 3.8) is 0 Å². The van der Waals surface area contributed by atoms with Crippen LogP contribution in [0.4, 0.5) is 4.39 Å². The molecule has 2 N–H and O–H groups in total. The van der Waals surface area contributed by atoms with Crippen LogP contribution in [0.25, 0.3) is 0 Å². The number of likely N-dealkylation sites (N-methyl/N-ethyl adjacent to an activating group) is 1. The summed E-state index contributed by atoms with van der Waals surface area (Å²) in [6.07, 6.45) is 3.09. The summed E-state index contributed by atoms with van der Waals surface area (Å²) in [6, 6.07) is -0.0769. The maximum Gasteiger partial charge on any atom is 0.163 e. The maximum absolute atomic E-state index is 15.1. The van der Waals surface area contributed by atoms with Crippen molar-refractivity contribution in [3.05, 3.63) is 11.9 Å². The van der Waals surface area contributed by atoms with E-state index < -0.39 is 5.67 Å². The van der Waals surface area contributed by atoms with Gasteiger partial charge in [0, 0.05) is 19.0 Å². The minimum absolute atomic E-state index is 0.0769. The summed E-state index contributed by atoms with van der Waals surface area (Å²) in [7, 11) is 5.52. The lowest BCUT2D eigenvalue weighted by atomic mass is 9.99. The molecule has 0 aliphatic heterocycles. The first-order valence-electron chi connectivity index (χ1n) is 6.66. The van der Waals surface area contributed by atoms with Gasteiger partial charge in [-0.25, -0.2) is 4.39 Å². The van der Waals surface area contributed by atoms with Crippen LogP contribution < -0.4 is 10.5 Å². The van der Waals surface area contributed by atoms with Crippen molar-refractivity contribution < 1.29 is 9.13 Å². The Hall–Kier alpha value is -1.14. The number of rotatable bonds is 5. The smallest absolute Gasteiger partial charge is 0.163 e. The highest BCUT2D eigenvalue weighted by molar-refractivity contribution is 5.32. The molecule has 19 heavy (non-hydrogen) atoms. The minimum atomic E-state index is -1.41. The molecule has 108 valence electrons. The predicted octanol–water partition coefficient (Wildman–Crippen LogP) is 1.13. The average molecular weight is 270 g/mol. The third-order valence-corrected chi connectivity index (χ3v) is 3.71. The largest absolute Gasteiger partial charge is 0.493 e. The van der Waals surface area contributed by atoms with E-state index in [4.69, 9.17) is 10.5 Å². The number of ether oxygens (including phenoxy) is 1. The normalized spacial score (nSPS) is 27.2. The second-order valence-electron chi connectivity index (χ2n) is 5.56. The molecule has 0 radical (unpaired) electrons. The van der Waals surface area contributed by atoms with Gasteiger partial charge in [0.15, 0.2) is 11.4 Å². The number of nitrogens with two attached hydrogens (primary N) is 1. The zero-order valence-corrected chi connectivity index (χ0v) is 11.9. The van der Waals surface area contributed by atoms with Gasteiger partial charge in [-0.3, -0.25) is 4.68 Å². The second kappa shape index (κ2) is 5.46. The molecule has 1 aromatic heterocycles. The Morgan fingerprint density at radius 1 is 1.63 bits per heavy atom. The van der Waals surface area contributed by atoms with E-state index in [0.29, 0.717) is 37.3 Å². The zero-order chi connectivity index (χ0) is 14.0. The summed E-state index contributed by atoms with van der Waals surface area (Å²) in [4.78, 5) is 2.04. The molecule has 5 nitrogen and oxygen atoms in total. The molecule has 1 fully saturated rings. The van der Waals surface area contributed by atoms with Crippen molar-refractivity contribution in [1.82, 2.24) is 14.7 Å². The van der Waals surface area contributed by atoms with Crippen LogP contribution in [0.2, 0.25) is 0 Å². The molecule has 1 heterocycles. The van der Waals surface area contributed by atoms with E-state index in [1.807, 2.05) is 19.0 Å². The van der Waals surface area contributed by atoms with Gasteiger partial charge < -0.3 is 15.4 Å². The first kappa shape index (κ1) is 14.3. The number of nitrogens with zero attached hydrogens (tertiary/aromatic N) is 3. The number of hydrogen-bond donors (Lipinski definition) is 1. The highest BCUT2D eigenvalue weighted by Gasteiger charge is 2.44. The van der Waals surface area contributed by atoms with Crippen LogP contribution in [0.15, 0.2) is 6.20 Å². The quantitative estimate of drug-likeness (QED) is 0.871. The molecular weight excluding hydrogens is 247 g/mol. The van der Waals surface area contributed by atoms with Crippen LogP contribution >= 0.6 is 0 Å². The van der Waals surface area contributed by atoms with E-state index in [0.717, 1.165) is 6.54 Å². The lowest BCUT2D eigenvalue weighted by Crippen LogP contribution is -2.27. The van der Waals surface area contributed by atoms with Crippen molar-refractivity contribution in [3.8, 4) is 5.75 Å². The van der Waals surface area contributed by atoms with Crippen molar-refractivity contribution in [1.29, 1.82) is 0 Å². The fourth-order valence-electron chi connectivity index (χ4n) is 2.68. The molecular formula is C13H23FN4O. The van der Waals surface area contributed by atoms with E-state index in [-0.39, 0.29) is 6.04 Å². The van der Waals surface area contributed by atoms with E-state index in [1.165, 1.54) is 0 Å². The molecule has 2 unspecified atom stereocenters. The van der Waals surface area contributed by atoms with Crippen LogP contribution in [0.3, 0.4) is 0 Å². The van der Waals surface area contributed by atoms with Gasteiger partial charge in [0.2, 0.25) is 0 Å². The van der Waals surface area contributed by atoms with Crippen LogP contribution in [0.5, 0.6) is 5.75 Å². The standard InChI is InChI=1S/C13H23FN4O/c1-17(2)6-7-18-12(11(19-3)9-16-18)13(14)5-4-10(15)8-13/h9-10H,4-8,15H2,1-3H3. The average Bonchev–Trinajstić information content (AvgIpc) is 2.91.